The van der Waals surface area contributed by atoms with E-state index >= 15 is 0 Å². The monoisotopic (exact) mass is 367 g/mol. The summed E-state index contributed by atoms with van der Waals surface area (Å²) in [5.74, 6) is -1.11. The van der Waals surface area contributed by atoms with Gasteiger partial charge in [0.2, 0.25) is 0 Å². The van der Waals surface area contributed by atoms with E-state index in [1.54, 1.807) is 25.0 Å². The highest BCUT2D eigenvalue weighted by molar-refractivity contribution is 6.34. The van der Waals surface area contributed by atoms with Gasteiger partial charge in [-0.3, -0.25) is 9.79 Å². The van der Waals surface area contributed by atoms with Crippen LogP contribution in [0, 0.1) is 11.6 Å². The van der Waals surface area contributed by atoms with Crippen LogP contribution in [0.5, 0.6) is 0 Å². The fourth-order valence-corrected chi connectivity index (χ4v) is 3.03. The minimum Gasteiger partial charge on any atom is -0.502 e. The number of nitrogens with one attached hydrogen (secondary N) is 1. The van der Waals surface area contributed by atoms with E-state index in [-0.39, 0.29) is 29.0 Å². The van der Waals surface area contributed by atoms with Gasteiger partial charge in [-0.05, 0) is 25.1 Å². The molecule has 0 aromatic heterocycles. The SMILES string of the molecule is CO/C(C)=C\CN1CC2N=C(c3c(F)cccc3F)NC(Cl)=C2C1=O. The van der Waals surface area contributed by atoms with Gasteiger partial charge in [0, 0.05) is 13.1 Å². The summed E-state index contributed by atoms with van der Waals surface area (Å²) in [4.78, 5) is 18.3. The Kier molecular flexibility index (Phi) is 4.76. The summed E-state index contributed by atoms with van der Waals surface area (Å²) in [5, 5.41) is 2.68. The lowest BCUT2D eigenvalue weighted by atomic mass is 10.1. The molecular weight excluding hydrogens is 352 g/mol. The van der Waals surface area contributed by atoms with Gasteiger partial charge in [0.25, 0.3) is 5.91 Å². The van der Waals surface area contributed by atoms with Crippen molar-refractivity contribution in [3.8, 4) is 0 Å². The molecule has 25 heavy (non-hydrogen) atoms. The largest absolute Gasteiger partial charge is 0.502 e. The van der Waals surface area contributed by atoms with E-state index in [2.05, 4.69) is 10.3 Å². The van der Waals surface area contributed by atoms with E-state index in [0.29, 0.717) is 17.9 Å². The predicted molar refractivity (Wildman–Crippen MR) is 90.0 cm³/mol. The van der Waals surface area contributed by atoms with Crippen LogP contribution >= 0.6 is 11.6 Å². The Hall–Kier alpha value is -2.41. The van der Waals surface area contributed by atoms with Gasteiger partial charge >= 0.3 is 0 Å². The van der Waals surface area contributed by atoms with Crippen molar-refractivity contribution >= 4 is 23.3 Å². The van der Waals surface area contributed by atoms with E-state index < -0.39 is 17.7 Å². The van der Waals surface area contributed by atoms with Crippen LogP contribution in [-0.2, 0) is 9.53 Å². The fourth-order valence-electron chi connectivity index (χ4n) is 2.73. The van der Waals surface area contributed by atoms with Crippen molar-refractivity contribution in [1.29, 1.82) is 0 Å². The van der Waals surface area contributed by atoms with Crippen molar-refractivity contribution in [3.05, 3.63) is 58.0 Å². The smallest absolute Gasteiger partial charge is 0.255 e. The van der Waals surface area contributed by atoms with Crippen LogP contribution in [-0.4, -0.2) is 42.9 Å². The summed E-state index contributed by atoms with van der Waals surface area (Å²) in [6.45, 7) is 2.39. The van der Waals surface area contributed by atoms with Gasteiger partial charge in [-0.15, -0.1) is 0 Å². The number of hydrogen-bond acceptors (Lipinski definition) is 4. The number of amidine groups is 1. The lowest BCUT2D eigenvalue weighted by Crippen LogP contribution is -2.33. The summed E-state index contributed by atoms with van der Waals surface area (Å²) in [6, 6.07) is 2.97. The Morgan fingerprint density at radius 3 is 2.80 bits per heavy atom. The number of carbonyl (C=O) groups is 1. The molecule has 1 amide bonds. The van der Waals surface area contributed by atoms with Crippen LogP contribution in [0.1, 0.15) is 12.5 Å². The lowest BCUT2D eigenvalue weighted by molar-refractivity contribution is -0.124. The molecule has 5 nitrogen and oxygen atoms in total. The van der Waals surface area contributed by atoms with Crippen molar-refractivity contribution in [1.82, 2.24) is 10.2 Å². The first-order valence-electron chi connectivity index (χ1n) is 7.61. The van der Waals surface area contributed by atoms with Gasteiger partial charge in [-0.1, -0.05) is 17.7 Å². The van der Waals surface area contributed by atoms with Gasteiger partial charge in [0.1, 0.15) is 28.7 Å². The Balaban J connectivity index is 1.90. The van der Waals surface area contributed by atoms with Crippen molar-refractivity contribution in [2.24, 2.45) is 4.99 Å². The first-order valence-corrected chi connectivity index (χ1v) is 7.99. The van der Waals surface area contributed by atoms with Crippen LogP contribution in [0.15, 0.2) is 45.8 Å². The summed E-state index contributed by atoms with van der Waals surface area (Å²) in [7, 11) is 1.54. The maximum Gasteiger partial charge on any atom is 0.255 e. The predicted octanol–water partition coefficient (Wildman–Crippen LogP) is 2.53. The summed E-state index contributed by atoms with van der Waals surface area (Å²) in [6.07, 6.45) is 1.76. The van der Waals surface area contributed by atoms with E-state index in [0.717, 1.165) is 12.1 Å². The molecule has 1 fully saturated rings. The van der Waals surface area contributed by atoms with Gasteiger partial charge in [-0.25, -0.2) is 8.78 Å². The van der Waals surface area contributed by atoms with Crippen molar-refractivity contribution in [3.63, 3.8) is 0 Å². The second kappa shape index (κ2) is 6.84. The third-order valence-electron chi connectivity index (χ3n) is 4.11. The number of allylic oxidation sites excluding steroid dienone is 1. The number of benzene rings is 1. The second-order valence-corrected chi connectivity index (χ2v) is 6.05. The van der Waals surface area contributed by atoms with E-state index in [9.17, 15) is 13.6 Å². The number of aliphatic imine (C=N–C) groups is 1. The molecule has 0 saturated carbocycles. The zero-order valence-corrected chi connectivity index (χ0v) is 14.4. The summed E-state index contributed by atoms with van der Waals surface area (Å²) < 4.78 is 33.0. The number of methoxy groups -OCH3 is 1. The van der Waals surface area contributed by atoms with Gasteiger partial charge in [-0.2, -0.15) is 0 Å². The molecular formula is C17H16ClF2N3O2. The number of nitrogens with zero attached hydrogens (tertiary/aromatic N) is 2. The molecule has 1 aromatic rings. The molecule has 1 atom stereocenters. The minimum absolute atomic E-state index is 0.0207. The molecule has 0 aliphatic carbocycles. The first-order chi connectivity index (χ1) is 11.9. The average molecular weight is 368 g/mol. The number of rotatable bonds is 4. The maximum atomic E-state index is 14.0. The quantitative estimate of drug-likeness (QED) is 0.657. The van der Waals surface area contributed by atoms with E-state index in [1.165, 1.54) is 6.07 Å². The van der Waals surface area contributed by atoms with E-state index in [1.807, 2.05) is 0 Å². The highest BCUT2D eigenvalue weighted by atomic mass is 35.5. The molecule has 0 bridgehead atoms. The van der Waals surface area contributed by atoms with Crippen molar-refractivity contribution in [2.75, 3.05) is 20.2 Å². The highest BCUT2D eigenvalue weighted by Crippen LogP contribution is 2.29. The number of likely N-dealkylation sites (tertiary alicyclic amines) is 1. The molecule has 2 aliphatic rings. The molecule has 3 rings (SSSR count). The molecule has 1 aromatic carbocycles. The minimum atomic E-state index is -0.751. The Bertz CT molecular complexity index is 800. The van der Waals surface area contributed by atoms with Crippen LogP contribution in [0.25, 0.3) is 0 Å². The molecule has 2 aliphatic heterocycles. The zero-order chi connectivity index (χ0) is 18.1. The van der Waals surface area contributed by atoms with Crippen LogP contribution in [0.4, 0.5) is 8.78 Å². The third-order valence-corrected chi connectivity index (χ3v) is 4.41. The lowest BCUT2D eigenvalue weighted by Gasteiger charge is -2.19. The van der Waals surface area contributed by atoms with Crippen molar-refractivity contribution in [2.45, 2.75) is 13.0 Å². The number of halogens is 3. The molecule has 0 radical (unpaired) electrons. The van der Waals surface area contributed by atoms with E-state index in [4.69, 9.17) is 16.3 Å². The zero-order valence-electron chi connectivity index (χ0n) is 13.6. The average Bonchev–Trinajstić information content (AvgIpc) is 2.89. The van der Waals surface area contributed by atoms with Crippen LogP contribution < -0.4 is 5.32 Å². The maximum absolute atomic E-state index is 14.0. The Morgan fingerprint density at radius 2 is 2.16 bits per heavy atom. The second-order valence-electron chi connectivity index (χ2n) is 5.67. The number of fused-ring (bicyclic) bond motifs is 1. The molecule has 0 spiro atoms. The Labute approximate surface area is 148 Å². The molecule has 1 saturated heterocycles. The summed E-state index contributed by atoms with van der Waals surface area (Å²) >= 11 is 6.17. The van der Waals surface area contributed by atoms with Crippen LogP contribution in [0.2, 0.25) is 0 Å². The van der Waals surface area contributed by atoms with Gasteiger partial charge in [0.15, 0.2) is 0 Å². The van der Waals surface area contributed by atoms with Crippen molar-refractivity contribution < 1.29 is 18.3 Å². The number of carbonyl (C=O) groups excluding carboxylic acids is 1. The number of amides is 1. The van der Waals surface area contributed by atoms with Gasteiger partial charge < -0.3 is 15.0 Å². The van der Waals surface area contributed by atoms with Gasteiger partial charge in [0.05, 0.1) is 24.0 Å². The Morgan fingerprint density at radius 1 is 1.48 bits per heavy atom. The summed E-state index contributed by atoms with van der Waals surface area (Å²) in [5.41, 5.74) is 0.00589. The highest BCUT2D eigenvalue weighted by Gasteiger charge is 2.40. The molecule has 2 heterocycles. The molecule has 8 heteroatoms. The normalized spacial score (nSPS) is 20.4. The number of ether oxygens (including phenoxy) is 1. The molecule has 1 unspecified atom stereocenters. The first kappa shape index (κ1) is 17.4. The fraction of sp³-hybridized carbons (Fsp3) is 0.294. The molecule has 1 N–H and O–H groups in total. The standard InChI is InChI=1S/C17H16ClF2N3O2/c1-9(25-2)6-7-23-8-12-14(17(23)24)15(18)22-16(21-12)13-10(19)4-3-5-11(13)20/h3-6,12H,7-8H2,1-2H3,(H,21,22)/b9-6-. The topological polar surface area (TPSA) is 53.9 Å². The van der Waals surface area contributed by atoms with Crippen LogP contribution in [0.3, 0.4) is 0 Å². The molecule has 132 valence electrons. The third kappa shape index (κ3) is 3.24. The number of hydrogen-bond donors (Lipinski definition) is 1.